The minimum Gasteiger partial charge on any atom is -0.497 e. The maximum atomic E-state index is 6.20. The number of benzene rings is 1. The maximum Gasteiger partial charge on any atom is 0.118 e. The molecule has 0 aliphatic heterocycles. The molecule has 1 heterocycles. The number of rotatable bonds is 6. The summed E-state index contributed by atoms with van der Waals surface area (Å²) in [5, 5.41) is 0. The van der Waals surface area contributed by atoms with Gasteiger partial charge in [-0.3, -0.25) is 4.90 Å². The lowest BCUT2D eigenvalue weighted by molar-refractivity contribution is 0.212. The number of likely N-dealkylation sites (N-methyl/N-ethyl adjacent to an activating group) is 1. The number of ether oxygens (including phenoxy) is 1. The van der Waals surface area contributed by atoms with Crippen LogP contribution in [0.1, 0.15) is 23.4 Å². The number of halogens is 1. The van der Waals surface area contributed by atoms with Crippen molar-refractivity contribution in [2.24, 2.45) is 5.73 Å². The van der Waals surface area contributed by atoms with Gasteiger partial charge in [0.15, 0.2) is 0 Å². The standard InChI is InChI=1S/C16H21ClN2OS/c1-11(18)16(12-4-6-13(20-3)7-5-12)19(2)10-14-8-9-15(17)21-14/h4-9,11,16H,10,18H2,1-3H3. The molecular formula is C16H21ClN2OS. The Hall–Kier alpha value is -1.07. The molecule has 2 rings (SSSR count). The summed E-state index contributed by atoms with van der Waals surface area (Å²) in [5.41, 5.74) is 7.39. The van der Waals surface area contributed by atoms with E-state index in [9.17, 15) is 0 Å². The summed E-state index contributed by atoms with van der Waals surface area (Å²) in [5.74, 6) is 0.856. The van der Waals surface area contributed by atoms with Crippen molar-refractivity contribution in [2.45, 2.75) is 25.6 Å². The lowest BCUT2D eigenvalue weighted by Crippen LogP contribution is -2.36. The van der Waals surface area contributed by atoms with Gasteiger partial charge in [-0.05, 0) is 43.8 Å². The van der Waals surface area contributed by atoms with E-state index >= 15 is 0 Å². The summed E-state index contributed by atoms with van der Waals surface area (Å²) in [6.07, 6.45) is 0. The largest absolute Gasteiger partial charge is 0.497 e. The van der Waals surface area contributed by atoms with Gasteiger partial charge in [0.05, 0.1) is 11.4 Å². The van der Waals surface area contributed by atoms with Gasteiger partial charge < -0.3 is 10.5 Å². The summed E-state index contributed by atoms with van der Waals surface area (Å²) < 4.78 is 6.03. The molecule has 0 amide bonds. The van der Waals surface area contributed by atoms with Crippen LogP contribution in [-0.2, 0) is 6.54 Å². The van der Waals surface area contributed by atoms with Crippen LogP contribution in [0, 0.1) is 0 Å². The molecule has 0 saturated heterocycles. The Morgan fingerprint density at radius 2 is 1.90 bits per heavy atom. The molecule has 2 aromatic rings. The van der Waals surface area contributed by atoms with Gasteiger partial charge in [-0.25, -0.2) is 0 Å². The number of hydrogen-bond donors (Lipinski definition) is 1. The summed E-state index contributed by atoms with van der Waals surface area (Å²) in [4.78, 5) is 3.50. The van der Waals surface area contributed by atoms with E-state index in [4.69, 9.17) is 22.1 Å². The Bertz CT molecular complexity index is 568. The first-order chi connectivity index (χ1) is 10.0. The Balaban J connectivity index is 2.16. The fraction of sp³-hybridized carbons (Fsp3) is 0.375. The minimum absolute atomic E-state index is 0.0267. The number of methoxy groups -OCH3 is 1. The maximum absolute atomic E-state index is 6.20. The molecule has 3 nitrogen and oxygen atoms in total. The van der Waals surface area contributed by atoms with Gasteiger partial charge in [-0.1, -0.05) is 23.7 Å². The third kappa shape index (κ3) is 4.20. The first-order valence-corrected chi connectivity index (χ1v) is 8.04. The number of nitrogens with two attached hydrogens (primary N) is 1. The highest BCUT2D eigenvalue weighted by Gasteiger charge is 2.21. The highest BCUT2D eigenvalue weighted by Crippen LogP contribution is 2.28. The van der Waals surface area contributed by atoms with Gasteiger partial charge in [0.1, 0.15) is 5.75 Å². The van der Waals surface area contributed by atoms with Crippen molar-refractivity contribution in [3.8, 4) is 5.75 Å². The van der Waals surface area contributed by atoms with Crippen LogP contribution >= 0.6 is 22.9 Å². The van der Waals surface area contributed by atoms with E-state index in [1.54, 1.807) is 18.4 Å². The van der Waals surface area contributed by atoms with Crippen LogP contribution in [0.3, 0.4) is 0 Å². The van der Waals surface area contributed by atoms with Crippen LogP contribution in [0.5, 0.6) is 5.75 Å². The van der Waals surface area contributed by atoms with E-state index in [2.05, 4.69) is 30.1 Å². The van der Waals surface area contributed by atoms with Gasteiger partial charge in [0, 0.05) is 23.5 Å². The summed E-state index contributed by atoms with van der Waals surface area (Å²) in [6, 6.07) is 12.3. The van der Waals surface area contributed by atoms with Crippen molar-refractivity contribution in [1.82, 2.24) is 4.90 Å². The van der Waals surface area contributed by atoms with E-state index in [1.165, 1.54) is 10.4 Å². The molecule has 0 spiro atoms. The molecule has 0 aliphatic rings. The minimum atomic E-state index is 0.0267. The second kappa shape index (κ2) is 7.27. The summed E-state index contributed by atoms with van der Waals surface area (Å²) >= 11 is 7.61. The lowest BCUT2D eigenvalue weighted by Gasteiger charge is -2.31. The van der Waals surface area contributed by atoms with Crippen LogP contribution in [0.15, 0.2) is 36.4 Å². The molecule has 21 heavy (non-hydrogen) atoms. The first kappa shape index (κ1) is 16.3. The third-order valence-electron chi connectivity index (χ3n) is 3.46. The molecule has 2 atom stereocenters. The molecule has 0 aliphatic carbocycles. The highest BCUT2D eigenvalue weighted by atomic mass is 35.5. The molecule has 1 aromatic carbocycles. The topological polar surface area (TPSA) is 38.5 Å². The van der Waals surface area contributed by atoms with Gasteiger partial charge in [-0.15, -0.1) is 11.3 Å². The Labute approximate surface area is 135 Å². The van der Waals surface area contributed by atoms with Crippen LogP contribution in [0.2, 0.25) is 4.34 Å². The summed E-state index contributed by atoms with van der Waals surface area (Å²) in [7, 11) is 3.76. The first-order valence-electron chi connectivity index (χ1n) is 6.85. The molecular weight excluding hydrogens is 304 g/mol. The second-order valence-electron chi connectivity index (χ2n) is 5.20. The van der Waals surface area contributed by atoms with Gasteiger partial charge >= 0.3 is 0 Å². The Kier molecular flexibility index (Phi) is 5.65. The van der Waals surface area contributed by atoms with Gasteiger partial charge in [0.2, 0.25) is 0 Å². The smallest absolute Gasteiger partial charge is 0.118 e. The van der Waals surface area contributed by atoms with E-state index in [0.717, 1.165) is 16.6 Å². The van der Waals surface area contributed by atoms with Gasteiger partial charge in [-0.2, -0.15) is 0 Å². The predicted octanol–water partition coefficient (Wildman–Crippen LogP) is 3.93. The zero-order valence-corrected chi connectivity index (χ0v) is 14.1. The zero-order chi connectivity index (χ0) is 15.4. The van der Waals surface area contributed by atoms with Crippen molar-refractivity contribution in [1.29, 1.82) is 0 Å². The van der Waals surface area contributed by atoms with Crippen LogP contribution in [-0.4, -0.2) is 25.1 Å². The average molecular weight is 325 g/mol. The molecule has 1 aromatic heterocycles. The number of thiophene rings is 1. The molecule has 2 unspecified atom stereocenters. The molecule has 0 fully saturated rings. The fourth-order valence-corrected chi connectivity index (χ4v) is 3.69. The van der Waals surface area contributed by atoms with Gasteiger partial charge in [0.25, 0.3) is 0 Å². The number of hydrogen-bond acceptors (Lipinski definition) is 4. The van der Waals surface area contributed by atoms with Crippen LogP contribution in [0.4, 0.5) is 0 Å². The normalized spacial score (nSPS) is 14.2. The van der Waals surface area contributed by atoms with E-state index in [0.29, 0.717) is 0 Å². The quantitative estimate of drug-likeness (QED) is 0.875. The van der Waals surface area contributed by atoms with Crippen molar-refractivity contribution in [3.05, 3.63) is 51.2 Å². The van der Waals surface area contributed by atoms with Crippen molar-refractivity contribution >= 4 is 22.9 Å². The zero-order valence-electron chi connectivity index (χ0n) is 12.5. The second-order valence-corrected chi connectivity index (χ2v) is 7.00. The Morgan fingerprint density at radius 3 is 2.38 bits per heavy atom. The Morgan fingerprint density at radius 1 is 1.24 bits per heavy atom. The van der Waals surface area contributed by atoms with Crippen LogP contribution < -0.4 is 10.5 Å². The molecule has 5 heteroatoms. The van der Waals surface area contributed by atoms with Crippen LogP contribution in [0.25, 0.3) is 0 Å². The van der Waals surface area contributed by atoms with Crippen molar-refractivity contribution in [3.63, 3.8) is 0 Å². The molecule has 2 N–H and O–H groups in total. The molecule has 0 bridgehead atoms. The van der Waals surface area contributed by atoms with Crippen molar-refractivity contribution in [2.75, 3.05) is 14.2 Å². The molecule has 0 radical (unpaired) electrons. The molecule has 0 saturated carbocycles. The lowest BCUT2D eigenvalue weighted by atomic mass is 9.99. The average Bonchev–Trinajstić information content (AvgIpc) is 2.84. The fourth-order valence-electron chi connectivity index (χ4n) is 2.54. The molecule has 114 valence electrons. The monoisotopic (exact) mass is 324 g/mol. The van der Waals surface area contributed by atoms with Crippen molar-refractivity contribution < 1.29 is 4.74 Å². The van der Waals surface area contributed by atoms with E-state index in [1.807, 2.05) is 25.1 Å². The predicted molar refractivity (Wildman–Crippen MR) is 90.2 cm³/mol. The summed E-state index contributed by atoms with van der Waals surface area (Å²) in [6.45, 7) is 2.86. The third-order valence-corrected chi connectivity index (χ3v) is 4.68. The SMILES string of the molecule is COc1ccc(C(C(C)N)N(C)Cc2ccc(Cl)s2)cc1. The van der Waals surface area contributed by atoms with E-state index < -0.39 is 0 Å². The number of nitrogens with zero attached hydrogens (tertiary/aromatic N) is 1. The highest BCUT2D eigenvalue weighted by molar-refractivity contribution is 7.16. The van der Waals surface area contributed by atoms with E-state index in [-0.39, 0.29) is 12.1 Å².